The number of aromatic nitrogens is 1. The second-order valence-corrected chi connectivity index (χ2v) is 7.89. The molecule has 0 saturated heterocycles. The highest BCUT2D eigenvalue weighted by molar-refractivity contribution is 6.01. The molecular weight excluding hydrogens is 350 g/mol. The van der Waals surface area contributed by atoms with E-state index in [1.165, 1.54) is 5.56 Å². The number of hydrogen-bond acceptors (Lipinski definition) is 3. The molecule has 1 aliphatic heterocycles. The molecule has 2 heterocycles. The van der Waals surface area contributed by atoms with Gasteiger partial charge in [-0.3, -0.25) is 0 Å². The summed E-state index contributed by atoms with van der Waals surface area (Å²) in [5.41, 5.74) is 7.06. The Bertz CT molecular complexity index is 1060. The lowest BCUT2D eigenvalue weighted by molar-refractivity contribution is 0.0527. The maximum absolute atomic E-state index is 12.7. The SMILES string of the molecule is CCOC(=O)c1ccc2cc1-c1c(C)c3cc(CO)ccc3n1CC(C)C2C. The quantitative estimate of drug-likeness (QED) is 0.651. The van der Waals surface area contributed by atoms with Crippen LogP contribution in [0.5, 0.6) is 0 Å². The van der Waals surface area contributed by atoms with Crippen molar-refractivity contribution >= 4 is 16.9 Å². The maximum Gasteiger partial charge on any atom is 0.338 e. The Morgan fingerprint density at radius 3 is 2.71 bits per heavy atom. The van der Waals surface area contributed by atoms with Crippen molar-refractivity contribution in [3.63, 3.8) is 0 Å². The lowest BCUT2D eigenvalue weighted by Gasteiger charge is -2.27. The Labute approximate surface area is 165 Å². The first-order valence-corrected chi connectivity index (χ1v) is 10.00. The smallest absolute Gasteiger partial charge is 0.338 e. The van der Waals surface area contributed by atoms with Crippen LogP contribution in [0.3, 0.4) is 0 Å². The van der Waals surface area contributed by atoms with Crippen LogP contribution >= 0.6 is 0 Å². The zero-order chi connectivity index (χ0) is 20.0. The van der Waals surface area contributed by atoms with Gasteiger partial charge in [-0.2, -0.15) is 0 Å². The summed E-state index contributed by atoms with van der Waals surface area (Å²) in [7, 11) is 0. The minimum absolute atomic E-state index is 0.0207. The molecule has 0 fully saturated rings. The molecule has 4 heteroatoms. The number of esters is 1. The standard InChI is InChI=1S/C24H27NO3/c1-5-28-24(27)19-8-7-18-11-21(19)23-16(4)20-10-17(13-26)6-9-22(20)25(23)12-14(2)15(18)3/h6-11,14-15,26H,5,12-13H2,1-4H3. The van der Waals surface area contributed by atoms with Crippen LogP contribution in [0.2, 0.25) is 0 Å². The molecule has 2 aromatic carbocycles. The van der Waals surface area contributed by atoms with Crippen molar-refractivity contribution in [2.75, 3.05) is 6.61 Å². The molecule has 28 heavy (non-hydrogen) atoms. The van der Waals surface area contributed by atoms with E-state index in [4.69, 9.17) is 4.74 Å². The summed E-state index contributed by atoms with van der Waals surface area (Å²) < 4.78 is 7.68. The normalized spacial score (nSPS) is 18.5. The van der Waals surface area contributed by atoms with E-state index >= 15 is 0 Å². The summed E-state index contributed by atoms with van der Waals surface area (Å²) in [5.74, 6) is 0.558. The topological polar surface area (TPSA) is 51.5 Å². The highest BCUT2D eigenvalue weighted by Gasteiger charge is 2.27. The maximum atomic E-state index is 12.7. The molecule has 1 N–H and O–H groups in total. The molecule has 4 rings (SSSR count). The summed E-state index contributed by atoms with van der Waals surface area (Å²) in [6, 6.07) is 12.3. The number of aliphatic hydroxyl groups is 1. The van der Waals surface area contributed by atoms with Crippen LogP contribution in [0.4, 0.5) is 0 Å². The highest BCUT2D eigenvalue weighted by Crippen LogP contribution is 2.41. The number of aliphatic hydroxyl groups excluding tert-OH is 1. The summed E-state index contributed by atoms with van der Waals surface area (Å²) >= 11 is 0. The average molecular weight is 377 g/mol. The number of benzene rings is 2. The molecule has 1 aliphatic rings. The van der Waals surface area contributed by atoms with E-state index in [1.54, 1.807) is 0 Å². The largest absolute Gasteiger partial charge is 0.462 e. The zero-order valence-corrected chi connectivity index (χ0v) is 17.0. The van der Waals surface area contributed by atoms with Gasteiger partial charge in [0.25, 0.3) is 0 Å². The van der Waals surface area contributed by atoms with E-state index < -0.39 is 0 Å². The Balaban J connectivity index is 2.06. The van der Waals surface area contributed by atoms with E-state index in [9.17, 15) is 9.90 Å². The lowest BCUT2D eigenvalue weighted by atomic mass is 9.84. The molecule has 2 unspecified atom stereocenters. The van der Waals surface area contributed by atoms with Gasteiger partial charge < -0.3 is 14.4 Å². The molecular formula is C24H27NO3. The Kier molecular flexibility index (Phi) is 4.76. The van der Waals surface area contributed by atoms with Gasteiger partial charge in [0, 0.05) is 23.0 Å². The predicted octanol–water partition coefficient (Wildman–Crippen LogP) is 5.04. The van der Waals surface area contributed by atoms with Crippen LogP contribution in [0.15, 0.2) is 36.4 Å². The highest BCUT2D eigenvalue weighted by atomic mass is 16.5. The Morgan fingerprint density at radius 2 is 2.00 bits per heavy atom. The van der Waals surface area contributed by atoms with Gasteiger partial charge in [-0.25, -0.2) is 4.79 Å². The van der Waals surface area contributed by atoms with Crippen LogP contribution in [-0.4, -0.2) is 22.2 Å². The summed E-state index contributed by atoms with van der Waals surface area (Å²) in [6.07, 6.45) is 0. The van der Waals surface area contributed by atoms with Gasteiger partial charge in [0.05, 0.1) is 24.5 Å². The van der Waals surface area contributed by atoms with Crippen molar-refractivity contribution in [1.82, 2.24) is 4.57 Å². The fraction of sp³-hybridized carbons (Fsp3) is 0.375. The molecule has 1 aromatic heterocycles. The van der Waals surface area contributed by atoms with Gasteiger partial charge in [-0.05, 0) is 66.6 Å². The minimum atomic E-state index is -0.280. The van der Waals surface area contributed by atoms with Gasteiger partial charge in [-0.15, -0.1) is 0 Å². The Morgan fingerprint density at radius 1 is 1.21 bits per heavy atom. The first kappa shape index (κ1) is 18.8. The number of rotatable bonds is 3. The van der Waals surface area contributed by atoms with Crippen molar-refractivity contribution < 1.29 is 14.6 Å². The number of carbonyl (C=O) groups excluding carboxylic acids is 1. The van der Waals surface area contributed by atoms with Crippen LogP contribution < -0.4 is 0 Å². The number of carbonyl (C=O) groups is 1. The molecule has 0 aliphatic carbocycles. The van der Waals surface area contributed by atoms with Gasteiger partial charge in [0.2, 0.25) is 0 Å². The number of aryl methyl sites for hydroxylation is 1. The van der Waals surface area contributed by atoms with E-state index in [-0.39, 0.29) is 12.6 Å². The van der Waals surface area contributed by atoms with E-state index in [2.05, 4.69) is 49.6 Å². The van der Waals surface area contributed by atoms with Gasteiger partial charge in [0.1, 0.15) is 0 Å². The summed E-state index contributed by atoms with van der Waals surface area (Å²) in [6.45, 7) is 9.72. The van der Waals surface area contributed by atoms with Crippen molar-refractivity contribution in [2.24, 2.45) is 5.92 Å². The summed E-state index contributed by atoms with van der Waals surface area (Å²) in [4.78, 5) is 12.7. The summed E-state index contributed by atoms with van der Waals surface area (Å²) in [5, 5.41) is 10.7. The molecule has 2 bridgehead atoms. The molecule has 4 nitrogen and oxygen atoms in total. The first-order chi connectivity index (χ1) is 13.5. The fourth-order valence-electron chi connectivity index (χ4n) is 4.41. The molecule has 0 radical (unpaired) electrons. The first-order valence-electron chi connectivity index (χ1n) is 10.00. The number of hydrogen-bond donors (Lipinski definition) is 1. The number of ether oxygens (including phenoxy) is 1. The van der Waals surface area contributed by atoms with Crippen molar-refractivity contribution in [3.05, 3.63) is 58.7 Å². The van der Waals surface area contributed by atoms with Crippen LogP contribution in [0.25, 0.3) is 22.2 Å². The molecule has 3 aromatic rings. The van der Waals surface area contributed by atoms with E-state index in [0.717, 1.165) is 39.8 Å². The van der Waals surface area contributed by atoms with Crippen molar-refractivity contribution in [1.29, 1.82) is 0 Å². The second kappa shape index (κ2) is 7.10. The third-order valence-corrected chi connectivity index (χ3v) is 6.21. The number of nitrogens with zero attached hydrogens (tertiary/aromatic N) is 1. The third kappa shape index (κ3) is 2.83. The van der Waals surface area contributed by atoms with Crippen LogP contribution in [0, 0.1) is 12.8 Å². The van der Waals surface area contributed by atoms with Crippen molar-refractivity contribution in [2.45, 2.75) is 46.8 Å². The molecule has 0 amide bonds. The molecule has 0 saturated carbocycles. The van der Waals surface area contributed by atoms with E-state index in [1.807, 2.05) is 19.1 Å². The fourth-order valence-corrected chi connectivity index (χ4v) is 4.41. The second-order valence-electron chi connectivity index (χ2n) is 7.89. The van der Waals surface area contributed by atoms with Crippen molar-refractivity contribution in [3.8, 4) is 11.3 Å². The van der Waals surface area contributed by atoms with Gasteiger partial charge in [0.15, 0.2) is 0 Å². The van der Waals surface area contributed by atoms with E-state index in [0.29, 0.717) is 24.0 Å². The molecule has 0 spiro atoms. The number of fused-ring (bicyclic) bond motifs is 6. The monoisotopic (exact) mass is 377 g/mol. The van der Waals surface area contributed by atoms with Crippen LogP contribution in [-0.2, 0) is 17.9 Å². The third-order valence-electron chi connectivity index (χ3n) is 6.21. The van der Waals surface area contributed by atoms with Gasteiger partial charge >= 0.3 is 5.97 Å². The van der Waals surface area contributed by atoms with Crippen LogP contribution in [0.1, 0.15) is 53.7 Å². The molecule has 2 atom stereocenters. The molecule has 146 valence electrons. The lowest BCUT2D eigenvalue weighted by Crippen LogP contribution is -2.19. The van der Waals surface area contributed by atoms with Gasteiger partial charge in [-0.1, -0.05) is 26.0 Å². The minimum Gasteiger partial charge on any atom is -0.462 e. The predicted molar refractivity (Wildman–Crippen MR) is 112 cm³/mol. The Hall–Kier alpha value is -2.59. The zero-order valence-electron chi connectivity index (χ0n) is 17.0. The average Bonchev–Trinajstić information content (AvgIpc) is 2.97.